The fourth-order valence-electron chi connectivity index (χ4n) is 1.45. The standard InChI is InChI=1S/C11H16BrFN2O/c1-3-4-11(2,16)7-15-10-9(13)5-8(12)6-14-10/h5-6,16H,3-4,7H2,1-2H3,(H,14,15). The second-order valence-corrected chi connectivity index (χ2v) is 5.00. The molecule has 1 aromatic heterocycles. The molecule has 0 aliphatic heterocycles. The number of anilines is 1. The Morgan fingerprint density at radius 2 is 2.31 bits per heavy atom. The SMILES string of the molecule is CCCC(C)(O)CNc1ncc(Br)cc1F. The van der Waals surface area contributed by atoms with Gasteiger partial charge in [-0.3, -0.25) is 0 Å². The lowest BCUT2D eigenvalue weighted by Crippen LogP contribution is -2.33. The quantitative estimate of drug-likeness (QED) is 0.876. The summed E-state index contributed by atoms with van der Waals surface area (Å²) in [6.07, 6.45) is 3.06. The monoisotopic (exact) mass is 290 g/mol. The number of aliphatic hydroxyl groups is 1. The van der Waals surface area contributed by atoms with Gasteiger partial charge in [-0.1, -0.05) is 13.3 Å². The fourth-order valence-corrected chi connectivity index (χ4v) is 1.75. The van der Waals surface area contributed by atoms with Crippen molar-refractivity contribution >= 4 is 21.7 Å². The minimum absolute atomic E-state index is 0.166. The Kier molecular flexibility index (Phi) is 4.68. The van der Waals surface area contributed by atoms with E-state index in [1.54, 1.807) is 6.92 Å². The van der Waals surface area contributed by atoms with Crippen molar-refractivity contribution in [1.82, 2.24) is 4.98 Å². The third-order valence-electron chi connectivity index (χ3n) is 2.23. The van der Waals surface area contributed by atoms with Crippen molar-refractivity contribution in [2.24, 2.45) is 0 Å². The molecule has 1 heterocycles. The van der Waals surface area contributed by atoms with Gasteiger partial charge >= 0.3 is 0 Å². The van der Waals surface area contributed by atoms with Crippen LogP contribution < -0.4 is 5.32 Å². The molecule has 0 aliphatic carbocycles. The molecule has 2 N–H and O–H groups in total. The molecule has 16 heavy (non-hydrogen) atoms. The summed E-state index contributed by atoms with van der Waals surface area (Å²) in [7, 11) is 0. The molecular formula is C11H16BrFN2O. The second-order valence-electron chi connectivity index (χ2n) is 4.08. The first kappa shape index (κ1) is 13.4. The number of halogens is 2. The van der Waals surface area contributed by atoms with E-state index >= 15 is 0 Å². The summed E-state index contributed by atoms with van der Waals surface area (Å²) in [6.45, 7) is 4.00. The van der Waals surface area contributed by atoms with Gasteiger partial charge in [-0.25, -0.2) is 9.37 Å². The highest BCUT2D eigenvalue weighted by Gasteiger charge is 2.19. The van der Waals surface area contributed by atoms with Crippen LogP contribution in [0, 0.1) is 5.82 Å². The van der Waals surface area contributed by atoms with E-state index in [4.69, 9.17) is 0 Å². The summed E-state index contributed by atoms with van der Waals surface area (Å²) in [6, 6.07) is 1.34. The van der Waals surface area contributed by atoms with Gasteiger partial charge in [0.25, 0.3) is 0 Å². The molecular weight excluding hydrogens is 275 g/mol. The molecule has 1 aromatic rings. The molecule has 3 nitrogen and oxygen atoms in total. The van der Waals surface area contributed by atoms with E-state index in [2.05, 4.69) is 26.2 Å². The Hall–Kier alpha value is -0.680. The van der Waals surface area contributed by atoms with Gasteiger partial charge in [-0.15, -0.1) is 0 Å². The average molecular weight is 291 g/mol. The number of nitrogens with zero attached hydrogens (tertiary/aromatic N) is 1. The Bertz CT molecular complexity index is 358. The molecule has 90 valence electrons. The van der Waals surface area contributed by atoms with E-state index < -0.39 is 11.4 Å². The molecule has 1 rings (SSSR count). The summed E-state index contributed by atoms with van der Waals surface area (Å²) < 4.78 is 14.0. The van der Waals surface area contributed by atoms with E-state index in [1.807, 2.05) is 6.92 Å². The van der Waals surface area contributed by atoms with Crippen molar-refractivity contribution in [3.63, 3.8) is 0 Å². The molecule has 0 amide bonds. The maximum Gasteiger partial charge on any atom is 0.166 e. The van der Waals surface area contributed by atoms with Crippen molar-refractivity contribution in [2.75, 3.05) is 11.9 Å². The second kappa shape index (κ2) is 5.59. The third kappa shape index (κ3) is 4.06. The first-order valence-electron chi connectivity index (χ1n) is 5.22. The number of aromatic nitrogens is 1. The molecule has 0 bridgehead atoms. The largest absolute Gasteiger partial charge is 0.388 e. The smallest absolute Gasteiger partial charge is 0.166 e. The molecule has 5 heteroatoms. The van der Waals surface area contributed by atoms with Crippen LogP contribution in [-0.4, -0.2) is 22.2 Å². The Morgan fingerprint density at radius 1 is 1.62 bits per heavy atom. The van der Waals surface area contributed by atoms with Crippen molar-refractivity contribution in [3.05, 3.63) is 22.6 Å². The summed E-state index contributed by atoms with van der Waals surface area (Å²) in [5, 5.41) is 12.7. The Labute approximate surface area is 103 Å². The summed E-state index contributed by atoms with van der Waals surface area (Å²) in [5.74, 6) is -0.263. The average Bonchev–Trinajstić information content (AvgIpc) is 2.16. The number of hydrogen-bond donors (Lipinski definition) is 2. The van der Waals surface area contributed by atoms with Crippen molar-refractivity contribution < 1.29 is 9.50 Å². The molecule has 0 spiro atoms. The first-order valence-corrected chi connectivity index (χ1v) is 6.01. The fraction of sp³-hybridized carbons (Fsp3) is 0.545. The number of hydrogen-bond acceptors (Lipinski definition) is 3. The summed E-state index contributed by atoms with van der Waals surface area (Å²) in [4.78, 5) is 3.90. The van der Waals surface area contributed by atoms with Crippen molar-refractivity contribution in [3.8, 4) is 0 Å². The van der Waals surface area contributed by atoms with Crippen LogP contribution >= 0.6 is 15.9 Å². The lowest BCUT2D eigenvalue weighted by Gasteiger charge is -2.23. The summed E-state index contributed by atoms with van der Waals surface area (Å²) >= 11 is 3.13. The van der Waals surface area contributed by atoms with Crippen LogP contribution in [-0.2, 0) is 0 Å². The molecule has 0 radical (unpaired) electrons. The van der Waals surface area contributed by atoms with Crippen LogP contribution in [0.15, 0.2) is 16.7 Å². The van der Waals surface area contributed by atoms with Gasteiger partial charge in [0.05, 0.1) is 5.60 Å². The van der Waals surface area contributed by atoms with E-state index in [0.29, 0.717) is 10.9 Å². The zero-order valence-corrected chi connectivity index (χ0v) is 11.0. The molecule has 0 saturated carbocycles. The molecule has 0 saturated heterocycles. The predicted molar refractivity (Wildman–Crippen MR) is 65.9 cm³/mol. The first-order chi connectivity index (χ1) is 7.44. The van der Waals surface area contributed by atoms with Gasteiger partial charge < -0.3 is 10.4 Å². The zero-order chi connectivity index (χ0) is 12.2. The zero-order valence-electron chi connectivity index (χ0n) is 9.43. The summed E-state index contributed by atoms with van der Waals surface area (Å²) in [5.41, 5.74) is -0.837. The van der Waals surface area contributed by atoms with Gasteiger partial charge in [-0.2, -0.15) is 0 Å². The van der Waals surface area contributed by atoms with Crippen LogP contribution in [0.2, 0.25) is 0 Å². The van der Waals surface area contributed by atoms with E-state index in [0.717, 1.165) is 6.42 Å². The normalized spacial score (nSPS) is 14.6. The van der Waals surface area contributed by atoms with Gasteiger partial charge in [0.2, 0.25) is 0 Å². The Balaban J connectivity index is 2.61. The highest BCUT2D eigenvalue weighted by Crippen LogP contribution is 2.18. The minimum Gasteiger partial charge on any atom is -0.388 e. The highest BCUT2D eigenvalue weighted by atomic mass is 79.9. The lowest BCUT2D eigenvalue weighted by atomic mass is 10.0. The van der Waals surface area contributed by atoms with Gasteiger partial charge in [-0.05, 0) is 35.3 Å². The molecule has 0 fully saturated rings. The number of rotatable bonds is 5. The highest BCUT2D eigenvalue weighted by molar-refractivity contribution is 9.10. The van der Waals surface area contributed by atoms with Gasteiger partial charge in [0.1, 0.15) is 0 Å². The maximum absolute atomic E-state index is 13.4. The molecule has 1 unspecified atom stereocenters. The number of pyridine rings is 1. The van der Waals surface area contributed by atoms with Crippen LogP contribution in [0.5, 0.6) is 0 Å². The predicted octanol–water partition coefficient (Wildman–Crippen LogP) is 2.95. The number of nitrogens with one attached hydrogen (secondary N) is 1. The molecule has 1 atom stereocenters. The third-order valence-corrected chi connectivity index (χ3v) is 2.67. The van der Waals surface area contributed by atoms with Crippen molar-refractivity contribution in [2.45, 2.75) is 32.3 Å². The van der Waals surface area contributed by atoms with E-state index in [1.165, 1.54) is 12.3 Å². The lowest BCUT2D eigenvalue weighted by molar-refractivity contribution is 0.0635. The van der Waals surface area contributed by atoms with Crippen LogP contribution in [0.4, 0.5) is 10.2 Å². The van der Waals surface area contributed by atoms with E-state index in [9.17, 15) is 9.50 Å². The Morgan fingerprint density at radius 3 is 2.88 bits per heavy atom. The molecule has 0 aliphatic rings. The maximum atomic E-state index is 13.4. The van der Waals surface area contributed by atoms with E-state index in [-0.39, 0.29) is 12.4 Å². The minimum atomic E-state index is -0.837. The molecule has 0 aromatic carbocycles. The van der Waals surface area contributed by atoms with Crippen LogP contribution in [0.3, 0.4) is 0 Å². The van der Waals surface area contributed by atoms with Gasteiger partial charge in [0.15, 0.2) is 11.6 Å². The van der Waals surface area contributed by atoms with Gasteiger partial charge in [0, 0.05) is 17.2 Å². The van der Waals surface area contributed by atoms with Crippen LogP contribution in [0.25, 0.3) is 0 Å². The topological polar surface area (TPSA) is 45.1 Å². The van der Waals surface area contributed by atoms with Crippen LogP contribution in [0.1, 0.15) is 26.7 Å². The van der Waals surface area contributed by atoms with Crippen molar-refractivity contribution in [1.29, 1.82) is 0 Å².